The molecule has 5 nitrogen and oxygen atoms in total. The van der Waals surface area contributed by atoms with E-state index in [2.05, 4.69) is 104 Å². The molecule has 1 saturated carbocycles. The fourth-order valence-electron chi connectivity index (χ4n) is 4.31. The largest absolute Gasteiger partial charge is 0.348 e. The number of fused-ring (bicyclic) bond motifs is 2. The van der Waals surface area contributed by atoms with E-state index < -0.39 is 0 Å². The Bertz CT molecular complexity index is 1650. The van der Waals surface area contributed by atoms with Gasteiger partial charge in [0.2, 0.25) is 0 Å². The van der Waals surface area contributed by atoms with Crippen LogP contribution in [0.1, 0.15) is 73.1 Å². The van der Waals surface area contributed by atoms with Crippen molar-refractivity contribution in [3.05, 3.63) is 145 Å². The normalized spacial score (nSPS) is 12.1. The van der Waals surface area contributed by atoms with Gasteiger partial charge in [-0.15, -0.1) is 6.58 Å². The van der Waals surface area contributed by atoms with Crippen LogP contribution in [0.3, 0.4) is 0 Å². The molecule has 1 aliphatic heterocycles. The summed E-state index contributed by atoms with van der Waals surface area (Å²) in [6, 6.07) is 31.3. The van der Waals surface area contributed by atoms with E-state index in [9.17, 15) is 4.79 Å². The van der Waals surface area contributed by atoms with E-state index in [1.807, 2.05) is 64.2 Å². The molecule has 5 heteroatoms. The highest BCUT2D eigenvalue weighted by Crippen LogP contribution is 2.48. The number of benzene rings is 4. The van der Waals surface area contributed by atoms with Crippen molar-refractivity contribution in [2.75, 3.05) is 20.1 Å². The average Bonchev–Trinajstić information content (AvgIpc) is 3.73. The number of allylic oxidation sites excluding steroid dienone is 2. The molecule has 0 unspecified atom stereocenters. The quantitative estimate of drug-likeness (QED) is 0.121. The van der Waals surface area contributed by atoms with Crippen LogP contribution in [0, 0.1) is 11.8 Å². The predicted molar refractivity (Wildman–Crippen MR) is 202 cm³/mol. The minimum absolute atomic E-state index is 0.0136. The van der Waals surface area contributed by atoms with Crippen molar-refractivity contribution < 1.29 is 9.59 Å². The molecule has 0 radical (unpaired) electrons. The third-order valence-corrected chi connectivity index (χ3v) is 7.00. The highest BCUT2D eigenvalue weighted by molar-refractivity contribution is 5.98. The van der Waals surface area contributed by atoms with Crippen molar-refractivity contribution in [3.8, 4) is 11.8 Å². The Hall–Kier alpha value is -4.98. The molecule has 0 bridgehead atoms. The first-order valence-corrected chi connectivity index (χ1v) is 15.8. The molecular formula is C42H51N3O2. The Labute approximate surface area is 282 Å². The molecule has 4 aromatic rings. The van der Waals surface area contributed by atoms with Crippen LogP contribution in [0.2, 0.25) is 0 Å². The molecule has 1 heterocycles. The zero-order valence-corrected chi connectivity index (χ0v) is 28.8. The van der Waals surface area contributed by atoms with Crippen molar-refractivity contribution in [1.82, 2.24) is 10.6 Å². The molecule has 0 spiro atoms. The molecule has 246 valence electrons. The molecule has 4 aromatic carbocycles. The summed E-state index contributed by atoms with van der Waals surface area (Å²) >= 11 is 0. The van der Waals surface area contributed by atoms with Crippen molar-refractivity contribution in [2.24, 2.45) is 5.73 Å². The minimum Gasteiger partial charge on any atom is -0.348 e. The van der Waals surface area contributed by atoms with Gasteiger partial charge in [-0.1, -0.05) is 117 Å². The Balaban J connectivity index is 0.000000319. The number of hydrogen-bond donors (Lipinski definition) is 3. The van der Waals surface area contributed by atoms with Crippen molar-refractivity contribution >= 4 is 28.2 Å². The smallest absolute Gasteiger partial charge is 0.251 e. The average molecular weight is 630 g/mol. The van der Waals surface area contributed by atoms with Gasteiger partial charge in [-0.05, 0) is 97.9 Å². The Morgan fingerprint density at radius 2 is 1.57 bits per heavy atom. The highest BCUT2D eigenvalue weighted by atomic mass is 16.1. The fourth-order valence-corrected chi connectivity index (χ4v) is 4.31. The number of nitrogens with two attached hydrogens (primary N) is 1. The van der Waals surface area contributed by atoms with Crippen LogP contribution in [0.5, 0.6) is 0 Å². The van der Waals surface area contributed by atoms with Gasteiger partial charge in [0, 0.05) is 17.7 Å². The number of rotatable bonds is 3. The van der Waals surface area contributed by atoms with Gasteiger partial charge in [0.1, 0.15) is 5.94 Å². The fraction of sp³-hybridized carbons (Fsp3) is 0.262. The van der Waals surface area contributed by atoms with Gasteiger partial charge in [-0.3, -0.25) is 4.79 Å². The maximum absolute atomic E-state index is 11.3. The van der Waals surface area contributed by atoms with Crippen molar-refractivity contribution in [3.63, 3.8) is 0 Å². The molecule has 1 amide bonds. The van der Waals surface area contributed by atoms with Gasteiger partial charge in [0.25, 0.3) is 5.91 Å². The predicted octanol–water partition coefficient (Wildman–Crippen LogP) is 8.27. The first-order valence-electron chi connectivity index (χ1n) is 15.8. The number of amides is 1. The lowest BCUT2D eigenvalue weighted by atomic mass is 9.96. The summed E-state index contributed by atoms with van der Waals surface area (Å²) < 4.78 is 0. The summed E-state index contributed by atoms with van der Waals surface area (Å²) in [7, 11) is 1.86. The van der Waals surface area contributed by atoms with E-state index in [4.69, 9.17) is 10.5 Å². The highest BCUT2D eigenvalue weighted by Gasteiger charge is 2.38. The second-order valence-corrected chi connectivity index (χ2v) is 11.1. The van der Waals surface area contributed by atoms with Crippen LogP contribution < -0.4 is 16.4 Å². The summed E-state index contributed by atoms with van der Waals surface area (Å²) in [4.78, 5) is 19.8. The van der Waals surface area contributed by atoms with E-state index in [0.717, 1.165) is 28.8 Å². The molecule has 0 aromatic heterocycles. The molecule has 1 aliphatic carbocycles. The molecule has 4 N–H and O–H groups in total. The zero-order valence-electron chi connectivity index (χ0n) is 28.8. The van der Waals surface area contributed by atoms with Gasteiger partial charge >= 0.3 is 0 Å². The molecule has 6 rings (SSSR count). The lowest BCUT2D eigenvalue weighted by molar-refractivity contribution is 0.0965. The summed E-state index contributed by atoms with van der Waals surface area (Å²) in [5.74, 6) is 7.29. The van der Waals surface area contributed by atoms with Crippen molar-refractivity contribution in [1.29, 1.82) is 0 Å². The maximum Gasteiger partial charge on any atom is 0.251 e. The standard InChI is InChI=1S/C14H14.C12H12N2O.C9H10.C3H6.C2H7N.C2H2O/c1-14(8-9-14)13-7-6-11-4-2-3-5-12(11)10-13;1-13-6-2-3-9-4-5-11-10(7-9)8-14-12(11)15;1-8(2)9-6-4-3-5-7-9;1-3-2;2*1-2-3/h2-7,10H,8-9H2,1H3;4-5,7,13H,6,8H2,1H3,(H,14,15);3-7H,1H2,2H3;3H,1H2,2H3;2-3H2,1H3;1H2. The second-order valence-electron chi connectivity index (χ2n) is 11.1. The van der Waals surface area contributed by atoms with E-state index in [1.165, 1.54) is 40.7 Å². The van der Waals surface area contributed by atoms with E-state index in [1.54, 1.807) is 6.08 Å². The van der Waals surface area contributed by atoms with E-state index >= 15 is 0 Å². The first kappa shape index (κ1) is 40.0. The molecule has 1 fully saturated rings. The maximum atomic E-state index is 11.3. The van der Waals surface area contributed by atoms with Gasteiger partial charge in [0.15, 0.2) is 0 Å². The number of carbonyl (C=O) groups excluding carboxylic acids is 2. The lowest BCUT2D eigenvalue weighted by Gasteiger charge is -2.09. The number of carbonyl (C=O) groups is 1. The summed E-state index contributed by atoms with van der Waals surface area (Å²) in [5, 5.41) is 8.46. The Morgan fingerprint density at radius 3 is 2.11 bits per heavy atom. The third kappa shape index (κ3) is 14.8. The Morgan fingerprint density at radius 1 is 1.00 bits per heavy atom. The van der Waals surface area contributed by atoms with Crippen molar-refractivity contribution in [2.45, 2.75) is 52.5 Å². The van der Waals surface area contributed by atoms with E-state index in [0.29, 0.717) is 18.5 Å². The topological polar surface area (TPSA) is 84.2 Å². The first-order chi connectivity index (χ1) is 22.6. The van der Waals surface area contributed by atoms with Gasteiger partial charge < -0.3 is 16.4 Å². The number of hydrogen-bond acceptors (Lipinski definition) is 4. The number of nitrogens with one attached hydrogen (secondary N) is 2. The summed E-state index contributed by atoms with van der Waals surface area (Å²) in [6.07, 6.45) is 4.46. The SMILES string of the molecule is C=C(C)c1ccccc1.C=C=O.C=CC.CC1(c2ccc3ccccc3c2)CC1.CCN.CNCC#Cc1ccc2c(c1)CNC2=O. The van der Waals surface area contributed by atoms with Gasteiger partial charge in [0.05, 0.1) is 6.54 Å². The molecule has 2 aliphatic rings. The van der Waals surface area contributed by atoms with Crippen LogP contribution in [0.25, 0.3) is 16.3 Å². The van der Waals surface area contributed by atoms with Crippen LogP contribution in [-0.2, 0) is 16.8 Å². The zero-order chi connectivity index (χ0) is 35.1. The summed E-state index contributed by atoms with van der Waals surface area (Å²) in [6.45, 7) is 20.1. The monoisotopic (exact) mass is 629 g/mol. The Kier molecular flexibility index (Phi) is 19.2. The third-order valence-electron chi connectivity index (χ3n) is 7.00. The van der Waals surface area contributed by atoms with Gasteiger partial charge in [-0.2, -0.15) is 0 Å². The molecule has 47 heavy (non-hydrogen) atoms. The van der Waals surface area contributed by atoms with Crippen LogP contribution in [0.4, 0.5) is 0 Å². The summed E-state index contributed by atoms with van der Waals surface area (Å²) in [5.41, 5.74) is 12.0. The molecular weight excluding hydrogens is 578 g/mol. The second kappa shape index (κ2) is 22.5. The van der Waals surface area contributed by atoms with Crippen LogP contribution in [0.15, 0.2) is 117 Å². The van der Waals surface area contributed by atoms with Crippen LogP contribution in [-0.4, -0.2) is 32.0 Å². The lowest BCUT2D eigenvalue weighted by Crippen LogP contribution is -2.12. The van der Waals surface area contributed by atoms with E-state index in [-0.39, 0.29) is 5.91 Å². The minimum atomic E-state index is 0.0136. The van der Waals surface area contributed by atoms with Gasteiger partial charge in [-0.25, -0.2) is 4.79 Å². The van der Waals surface area contributed by atoms with Crippen LogP contribution >= 0.6 is 0 Å². The molecule has 0 saturated heterocycles. The molecule has 0 atom stereocenters.